The number of carboxylic acid groups (broad SMARTS) is 1. The Labute approximate surface area is 99.5 Å². The van der Waals surface area contributed by atoms with E-state index in [4.69, 9.17) is 5.11 Å². The third-order valence-corrected chi connectivity index (χ3v) is 2.71. The molecule has 0 saturated heterocycles. The van der Waals surface area contributed by atoms with Crippen LogP contribution in [0.5, 0.6) is 0 Å². The van der Waals surface area contributed by atoms with E-state index >= 15 is 0 Å². The maximum Gasteiger partial charge on any atom is 0.335 e. The lowest BCUT2D eigenvalue weighted by Crippen LogP contribution is -2.08. The summed E-state index contributed by atoms with van der Waals surface area (Å²) >= 11 is 1.73. The molecule has 1 aromatic rings. The fraction of sp³-hybridized carbons (Fsp3) is 0.455. The van der Waals surface area contributed by atoms with Gasteiger partial charge in [0.15, 0.2) is 0 Å². The fourth-order valence-electron chi connectivity index (χ4n) is 1.26. The number of nitrogens with one attached hydrogen (secondary N) is 1. The van der Waals surface area contributed by atoms with Crippen LogP contribution < -0.4 is 5.32 Å². The summed E-state index contributed by atoms with van der Waals surface area (Å²) in [5.74, 6) is 0.705. The summed E-state index contributed by atoms with van der Waals surface area (Å²) in [7, 11) is 0. The van der Waals surface area contributed by atoms with E-state index in [1.807, 2.05) is 13.2 Å². The maximum absolute atomic E-state index is 10.9. The lowest BCUT2D eigenvalue weighted by Gasteiger charge is -2.07. The Morgan fingerprint density at radius 2 is 2.31 bits per heavy atom. The minimum absolute atomic E-state index is 0.290. The molecule has 1 rings (SSSR count). The van der Waals surface area contributed by atoms with Gasteiger partial charge in [-0.3, -0.25) is 0 Å². The standard InChI is InChI=1S/C11H16N2O2S/c1-3-9-6-8(11(14)15)7-10(13-9)12-4-5-16-2/h6-7H,3-5H2,1-2H3,(H,12,13)(H,14,15). The predicted molar refractivity (Wildman–Crippen MR) is 67.4 cm³/mol. The van der Waals surface area contributed by atoms with E-state index in [1.165, 1.54) is 0 Å². The molecule has 0 fully saturated rings. The first-order chi connectivity index (χ1) is 7.67. The van der Waals surface area contributed by atoms with Crippen LogP contribution in [0.2, 0.25) is 0 Å². The van der Waals surface area contributed by atoms with Crippen LogP contribution in [0.4, 0.5) is 5.82 Å². The third-order valence-electron chi connectivity index (χ3n) is 2.10. The van der Waals surface area contributed by atoms with E-state index in [0.717, 1.165) is 24.4 Å². The van der Waals surface area contributed by atoms with Gasteiger partial charge in [-0.1, -0.05) is 6.92 Å². The second-order valence-electron chi connectivity index (χ2n) is 3.31. The molecule has 0 aliphatic carbocycles. The highest BCUT2D eigenvalue weighted by molar-refractivity contribution is 7.98. The summed E-state index contributed by atoms with van der Waals surface area (Å²) < 4.78 is 0. The molecule has 0 atom stereocenters. The van der Waals surface area contributed by atoms with Crippen LogP contribution in [0, 0.1) is 0 Å². The summed E-state index contributed by atoms with van der Waals surface area (Å²) in [5.41, 5.74) is 1.09. The molecule has 0 bridgehead atoms. The van der Waals surface area contributed by atoms with Crippen molar-refractivity contribution in [3.05, 3.63) is 23.4 Å². The Kier molecular flexibility index (Phi) is 5.11. The van der Waals surface area contributed by atoms with E-state index in [-0.39, 0.29) is 0 Å². The Morgan fingerprint density at radius 1 is 1.56 bits per heavy atom. The normalized spacial score (nSPS) is 10.1. The van der Waals surface area contributed by atoms with Crippen molar-refractivity contribution in [1.29, 1.82) is 0 Å². The van der Waals surface area contributed by atoms with Gasteiger partial charge in [0.25, 0.3) is 0 Å². The van der Waals surface area contributed by atoms with Crippen LogP contribution >= 0.6 is 11.8 Å². The number of nitrogens with zero attached hydrogens (tertiary/aromatic N) is 1. The van der Waals surface area contributed by atoms with Crippen molar-refractivity contribution in [3.63, 3.8) is 0 Å². The molecule has 1 aromatic heterocycles. The fourth-order valence-corrected chi connectivity index (χ4v) is 1.57. The van der Waals surface area contributed by atoms with Crippen molar-refractivity contribution in [2.75, 3.05) is 23.9 Å². The number of aromatic nitrogens is 1. The molecule has 16 heavy (non-hydrogen) atoms. The first kappa shape index (κ1) is 12.8. The minimum Gasteiger partial charge on any atom is -0.478 e. The van der Waals surface area contributed by atoms with Gasteiger partial charge in [-0.2, -0.15) is 11.8 Å². The van der Waals surface area contributed by atoms with Gasteiger partial charge in [-0.15, -0.1) is 0 Å². The first-order valence-electron chi connectivity index (χ1n) is 5.14. The van der Waals surface area contributed by atoms with Gasteiger partial charge >= 0.3 is 5.97 Å². The number of hydrogen-bond acceptors (Lipinski definition) is 4. The molecule has 0 amide bonds. The van der Waals surface area contributed by atoms with Crippen LogP contribution in [-0.4, -0.2) is 34.6 Å². The average Bonchev–Trinajstić information content (AvgIpc) is 2.29. The number of aryl methyl sites for hydroxylation is 1. The smallest absolute Gasteiger partial charge is 0.335 e. The quantitative estimate of drug-likeness (QED) is 0.746. The highest BCUT2D eigenvalue weighted by Crippen LogP contribution is 2.11. The minimum atomic E-state index is -0.912. The lowest BCUT2D eigenvalue weighted by molar-refractivity contribution is 0.0696. The molecular formula is C11H16N2O2S. The van der Waals surface area contributed by atoms with Gasteiger partial charge < -0.3 is 10.4 Å². The zero-order valence-corrected chi connectivity index (χ0v) is 10.3. The van der Waals surface area contributed by atoms with Crippen molar-refractivity contribution in [2.24, 2.45) is 0 Å². The summed E-state index contributed by atoms with van der Waals surface area (Å²) in [6, 6.07) is 3.18. The number of anilines is 1. The molecule has 0 saturated carbocycles. The zero-order valence-electron chi connectivity index (χ0n) is 9.49. The number of rotatable bonds is 6. The lowest BCUT2D eigenvalue weighted by atomic mass is 10.2. The predicted octanol–water partition coefficient (Wildman–Crippen LogP) is 2.12. The number of thioether (sulfide) groups is 1. The van der Waals surface area contributed by atoms with Crippen LogP contribution in [0.25, 0.3) is 0 Å². The molecule has 4 nitrogen and oxygen atoms in total. The monoisotopic (exact) mass is 240 g/mol. The van der Waals surface area contributed by atoms with Crippen molar-refractivity contribution < 1.29 is 9.90 Å². The van der Waals surface area contributed by atoms with Gasteiger partial charge in [-0.05, 0) is 24.8 Å². The van der Waals surface area contributed by atoms with Crippen LogP contribution in [0.1, 0.15) is 23.0 Å². The second kappa shape index (κ2) is 6.37. The topological polar surface area (TPSA) is 62.2 Å². The van der Waals surface area contributed by atoms with Crippen molar-refractivity contribution >= 4 is 23.5 Å². The molecule has 0 aliphatic rings. The largest absolute Gasteiger partial charge is 0.478 e. The van der Waals surface area contributed by atoms with Gasteiger partial charge in [-0.25, -0.2) is 9.78 Å². The highest BCUT2D eigenvalue weighted by Gasteiger charge is 2.07. The molecule has 88 valence electrons. The molecule has 0 aliphatic heterocycles. The molecular weight excluding hydrogens is 224 g/mol. The Morgan fingerprint density at radius 3 is 2.88 bits per heavy atom. The number of carboxylic acids is 1. The van der Waals surface area contributed by atoms with Gasteiger partial charge in [0.05, 0.1) is 5.56 Å². The number of carbonyl (C=O) groups is 1. The van der Waals surface area contributed by atoms with Crippen molar-refractivity contribution in [3.8, 4) is 0 Å². The summed E-state index contributed by atoms with van der Waals surface area (Å²) in [4.78, 5) is 15.2. The molecule has 0 spiro atoms. The van der Waals surface area contributed by atoms with Gasteiger partial charge in [0, 0.05) is 18.0 Å². The van der Waals surface area contributed by atoms with Gasteiger partial charge in [0.1, 0.15) is 5.82 Å². The first-order valence-corrected chi connectivity index (χ1v) is 6.53. The van der Waals surface area contributed by atoms with Crippen LogP contribution in [0.15, 0.2) is 12.1 Å². The Balaban J connectivity index is 2.82. The number of pyridine rings is 1. The van der Waals surface area contributed by atoms with E-state index < -0.39 is 5.97 Å². The second-order valence-corrected chi connectivity index (χ2v) is 4.30. The number of aromatic carboxylic acids is 1. The summed E-state index contributed by atoms with van der Waals surface area (Å²) in [6.45, 7) is 2.75. The van der Waals surface area contributed by atoms with Crippen molar-refractivity contribution in [1.82, 2.24) is 4.98 Å². The highest BCUT2D eigenvalue weighted by atomic mass is 32.2. The van der Waals surface area contributed by atoms with Gasteiger partial charge in [0.2, 0.25) is 0 Å². The number of hydrogen-bond donors (Lipinski definition) is 2. The molecule has 2 N–H and O–H groups in total. The summed E-state index contributed by atoms with van der Waals surface area (Å²) in [6.07, 6.45) is 2.76. The van der Waals surface area contributed by atoms with Crippen molar-refractivity contribution in [2.45, 2.75) is 13.3 Å². The molecule has 0 unspecified atom stereocenters. The van der Waals surface area contributed by atoms with E-state index in [2.05, 4.69) is 10.3 Å². The van der Waals surface area contributed by atoms with Crippen LogP contribution in [-0.2, 0) is 6.42 Å². The van der Waals surface area contributed by atoms with E-state index in [1.54, 1.807) is 23.9 Å². The Hall–Kier alpha value is -1.23. The molecule has 0 radical (unpaired) electrons. The molecule has 5 heteroatoms. The Bertz CT molecular complexity index is 369. The molecule has 1 heterocycles. The van der Waals surface area contributed by atoms with Crippen LogP contribution in [0.3, 0.4) is 0 Å². The van der Waals surface area contributed by atoms with E-state index in [9.17, 15) is 4.79 Å². The summed E-state index contributed by atoms with van der Waals surface area (Å²) in [5, 5.41) is 12.1. The third kappa shape index (κ3) is 3.73. The SMILES string of the molecule is CCc1cc(C(=O)O)cc(NCCSC)n1. The zero-order chi connectivity index (χ0) is 12.0. The average molecular weight is 240 g/mol. The molecule has 0 aromatic carbocycles. The maximum atomic E-state index is 10.9. The van der Waals surface area contributed by atoms with E-state index in [0.29, 0.717) is 11.4 Å².